The van der Waals surface area contributed by atoms with E-state index >= 15 is 0 Å². The maximum Gasteiger partial charge on any atom is 0.244 e. The topological polar surface area (TPSA) is 62.4 Å². The van der Waals surface area contributed by atoms with Gasteiger partial charge in [0.15, 0.2) is 0 Å². The molecule has 1 fully saturated rings. The average Bonchev–Trinajstić information content (AvgIpc) is 2.76. The Kier molecular flexibility index (Phi) is 4.89. The minimum absolute atomic E-state index is 0.0243. The SMILES string of the molecule is CCC1CN(S(=O)(=O)c2c[nH]c(CCl)c2)CCCO1. The van der Waals surface area contributed by atoms with Gasteiger partial charge in [0.2, 0.25) is 10.0 Å². The summed E-state index contributed by atoms with van der Waals surface area (Å²) >= 11 is 5.69. The third kappa shape index (κ3) is 3.31. The lowest BCUT2D eigenvalue weighted by Gasteiger charge is -2.22. The number of hydrogen-bond acceptors (Lipinski definition) is 3. The van der Waals surface area contributed by atoms with Gasteiger partial charge in [-0.2, -0.15) is 4.31 Å². The second-order valence-corrected chi connectivity index (χ2v) is 6.82. The van der Waals surface area contributed by atoms with E-state index in [-0.39, 0.29) is 16.9 Å². The summed E-state index contributed by atoms with van der Waals surface area (Å²) in [5, 5.41) is 0. The predicted molar refractivity (Wildman–Crippen MR) is 73.8 cm³/mol. The first kappa shape index (κ1) is 14.8. The van der Waals surface area contributed by atoms with Crippen molar-refractivity contribution in [2.24, 2.45) is 0 Å². The van der Waals surface area contributed by atoms with Crippen LogP contribution in [-0.2, 0) is 20.6 Å². The Bertz CT molecular complexity index is 515. The van der Waals surface area contributed by atoms with Crippen molar-refractivity contribution in [3.8, 4) is 0 Å². The zero-order valence-electron chi connectivity index (χ0n) is 10.9. The average molecular weight is 307 g/mol. The fraction of sp³-hybridized carbons (Fsp3) is 0.667. The minimum atomic E-state index is -3.45. The number of ether oxygens (including phenoxy) is 1. The smallest absolute Gasteiger partial charge is 0.244 e. The van der Waals surface area contributed by atoms with Crippen LogP contribution in [0.25, 0.3) is 0 Å². The highest BCUT2D eigenvalue weighted by Gasteiger charge is 2.29. The van der Waals surface area contributed by atoms with E-state index in [1.54, 1.807) is 6.07 Å². The lowest BCUT2D eigenvalue weighted by molar-refractivity contribution is 0.0593. The van der Waals surface area contributed by atoms with E-state index in [4.69, 9.17) is 16.3 Å². The third-order valence-electron chi connectivity index (χ3n) is 3.27. The Hall–Kier alpha value is -0.560. The monoisotopic (exact) mass is 306 g/mol. The van der Waals surface area contributed by atoms with Crippen molar-refractivity contribution in [3.05, 3.63) is 18.0 Å². The normalized spacial score (nSPS) is 22.3. The molecule has 1 aromatic heterocycles. The molecule has 1 aromatic rings. The van der Waals surface area contributed by atoms with Gasteiger partial charge in [-0.05, 0) is 18.9 Å². The van der Waals surface area contributed by atoms with Crippen molar-refractivity contribution in [2.45, 2.75) is 36.6 Å². The standard InChI is InChI=1S/C12H19ClN2O3S/c1-2-11-9-15(4-3-5-18-11)19(16,17)12-6-10(7-13)14-8-12/h6,8,11,14H,2-5,7,9H2,1H3. The van der Waals surface area contributed by atoms with E-state index in [1.165, 1.54) is 10.5 Å². The molecule has 0 spiro atoms. The number of nitrogens with one attached hydrogen (secondary N) is 1. The summed E-state index contributed by atoms with van der Waals surface area (Å²) in [6.45, 7) is 3.54. The first-order valence-corrected chi connectivity index (χ1v) is 8.40. The maximum atomic E-state index is 12.5. The van der Waals surface area contributed by atoms with Gasteiger partial charge in [0.05, 0.1) is 16.9 Å². The summed E-state index contributed by atoms with van der Waals surface area (Å²) < 4.78 is 32.2. The number of halogens is 1. The van der Waals surface area contributed by atoms with Crippen molar-refractivity contribution in [2.75, 3.05) is 19.7 Å². The summed E-state index contributed by atoms with van der Waals surface area (Å²) in [6, 6.07) is 1.59. The molecule has 19 heavy (non-hydrogen) atoms. The van der Waals surface area contributed by atoms with Crippen LogP contribution in [0.1, 0.15) is 25.5 Å². The van der Waals surface area contributed by atoms with Crippen LogP contribution in [0.2, 0.25) is 0 Å². The largest absolute Gasteiger partial charge is 0.377 e. The van der Waals surface area contributed by atoms with Gasteiger partial charge >= 0.3 is 0 Å². The molecule has 2 rings (SSSR count). The van der Waals surface area contributed by atoms with Gasteiger partial charge in [-0.1, -0.05) is 6.92 Å². The molecular weight excluding hydrogens is 288 g/mol. The van der Waals surface area contributed by atoms with Crippen molar-refractivity contribution < 1.29 is 13.2 Å². The lowest BCUT2D eigenvalue weighted by atomic mass is 10.3. The van der Waals surface area contributed by atoms with Crippen molar-refractivity contribution >= 4 is 21.6 Å². The number of aromatic amines is 1. The molecule has 1 unspecified atom stereocenters. The number of H-pyrrole nitrogens is 1. The third-order valence-corrected chi connectivity index (χ3v) is 5.40. The molecular formula is C12H19ClN2O3S. The molecule has 1 aliphatic rings. The fourth-order valence-electron chi connectivity index (χ4n) is 2.12. The molecule has 0 aromatic carbocycles. The van der Waals surface area contributed by atoms with Crippen LogP contribution in [-0.4, -0.2) is 43.5 Å². The minimum Gasteiger partial charge on any atom is -0.377 e. The van der Waals surface area contributed by atoms with E-state index in [9.17, 15) is 8.42 Å². The number of hydrogen-bond donors (Lipinski definition) is 1. The summed E-state index contributed by atoms with van der Waals surface area (Å²) in [5.74, 6) is 0.274. The van der Waals surface area contributed by atoms with Crippen LogP contribution in [0.4, 0.5) is 0 Å². The first-order chi connectivity index (χ1) is 9.07. The highest BCUT2D eigenvalue weighted by atomic mass is 35.5. The first-order valence-electron chi connectivity index (χ1n) is 6.43. The van der Waals surface area contributed by atoms with Gasteiger partial charge in [0, 0.05) is 31.6 Å². The Morgan fingerprint density at radius 3 is 3.00 bits per heavy atom. The molecule has 0 radical (unpaired) electrons. The van der Waals surface area contributed by atoms with Gasteiger partial charge in [0.25, 0.3) is 0 Å². The van der Waals surface area contributed by atoms with Crippen LogP contribution in [0.15, 0.2) is 17.2 Å². The van der Waals surface area contributed by atoms with Crippen LogP contribution in [0.5, 0.6) is 0 Å². The maximum absolute atomic E-state index is 12.5. The molecule has 0 aliphatic carbocycles. The highest BCUT2D eigenvalue weighted by Crippen LogP contribution is 2.21. The van der Waals surface area contributed by atoms with Crippen LogP contribution >= 0.6 is 11.6 Å². The van der Waals surface area contributed by atoms with Crippen molar-refractivity contribution in [1.82, 2.24) is 9.29 Å². The Morgan fingerprint density at radius 2 is 2.37 bits per heavy atom. The highest BCUT2D eigenvalue weighted by molar-refractivity contribution is 7.89. The molecule has 1 saturated heterocycles. The van der Waals surface area contributed by atoms with Crippen LogP contribution < -0.4 is 0 Å². The molecule has 2 heterocycles. The zero-order valence-corrected chi connectivity index (χ0v) is 12.5. The number of nitrogens with zero attached hydrogens (tertiary/aromatic N) is 1. The van der Waals surface area contributed by atoms with Gasteiger partial charge < -0.3 is 9.72 Å². The second-order valence-electron chi connectivity index (χ2n) is 4.61. The molecule has 108 valence electrons. The van der Waals surface area contributed by atoms with Gasteiger partial charge in [-0.15, -0.1) is 11.6 Å². The van der Waals surface area contributed by atoms with Gasteiger partial charge in [0.1, 0.15) is 0 Å². The van der Waals surface area contributed by atoms with Crippen molar-refractivity contribution in [3.63, 3.8) is 0 Å². The van der Waals surface area contributed by atoms with Crippen molar-refractivity contribution in [1.29, 1.82) is 0 Å². The Balaban J connectivity index is 2.22. The predicted octanol–water partition coefficient (Wildman–Crippen LogP) is 1.94. The summed E-state index contributed by atoms with van der Waals surface area (Å²) in [5.41, 5.74) is 0.707. The molecule has 1 N–H and O–H groups in total. The summed E-state index contributed by atoms with van der Waals surface area (Å²) in [4.78, 5) is 3.15. The Morgan fingerprint density at radius 1 is 1.58 bits per heavy atom. The summed E-state index contributed by atoms with van der Waals surface area (Å²) in [7, 11) is -3.45. The number of aromatic nitrogens is 1. The molecule has 0 amide bonds. The lowest BCUT2D eigenvalue weighted by Crippen LogP contribution is -2.36. The van der Waals surface area contributed by atoms with E-state index in [0.717, 1.165) is 12.8 Å². The van der Waals surface area contributed by atoms with E-state index in [1.807, 2.05) is 6.92 Å². The second kappa shape index (κ2) is 6.26. The fourth-order valence-corrected chi connectivity index (χ4v) is 3.80. The van der Waals surface area contributed by atoms with Crippen LogP contribution in [0, 0.1) is 0 Å². The summed E-state index contributed by atoms with van der Waals surface area (Å²) in [6.07, 6.45) is 3.01. The molecule has 0 bridgehead atoms. The van der Waals surface area contributed by atoms with E-state index in [2.05, 4.69) is 4.98 Å². The molecule has 1 atom stereocenters. The van der Waals surface area contributed by atoms with Crippen LogP contribution in [0.3, 0.4) is 0 Å². The zero-order chi connectivity index (χ0) is 13.9. The van der Waals surface area contributed by atoms with Gasteiger partial charge in [-0.3, -0.25) is 0 Å². The quantitative estimate of drug-likeness (QED) is 0.865. The number of sulfonamides is 1. The Labute approximate surface area is 118 Å². The van der Waals surface area contributed by atoms with E-state index in [0.29, 0.717) is 25.4 Å². The van der Waals surface area contributed by atoms with E-state index < -0.39 is 10.0 Å². The number of alkyl halides is 1. The number of rotatable bonds is 4. The molecule has 0 saturated carbocycles. The molecule has 7 heteroatoms. The molecule has 5 nitrogen and oxygen atoms in total. The molecule has 1 aliphatic heterocycles. The van der Waals surface area contributed by atoms with Gasteiger partial charge in [-0.25, -0.2) is 8.42 Å².